The van der Waals surface area contributed by atoms with Crippen LogP contribution in [0.2, 0.25) is 0 Å². The van der Waals surface area contributed by atoms with E-state index in [1.54, 1.807) is 6.92 Å². The van der Waals surface area contributed by atoms with Crippen molar-refractivity contribution in [3.05, 3.63) is 0 Å². The number of amides is 2. The zero-order valence-electron chi connectivity index (χ0n) is 13.0. The van der Waals surface area contributed by atoms with E-state index in [-0.39, 0.29) is 29.3 Å². The van der Waals surface area contributed by atoms with Crippen LogP contribution in [-0.4, -0.2) is 29.2 Å². The first kappa shape index (κ1) is 17.7. The predicted molar refractivity (Wildman–Crippen MR) is 76.1 cm³/mol. The molecule has 0 saturated heterocycles. The number of urea groups is 1. The third kappa shape index (κ3) is 10.4. The van der Waals surface area contributed by atoms with Crippen LogP contribution in [0.5, 0.6) is 0 Å². The van der Waals surface area contributed by atoms with Crippen LogP contribution in [0.25, 0.3) is 0 Å². The minimum absolute atomic E-state index is 0.0612. The summed E-state index contributed by atoms with van der Waals surface area (Å²) in [6, 6.07) is -0.244. The van der Waals surface area contributed by atoms with Crippen LogP contribution in [0.1, 0.15) is 54.4 Å². The quantitative estimate of drug-likeness (QED) is 0.695. The van der Waals surface area contributed by atoms with Gasteiger partial charge in [0.05, 0.1) is 0 Å². The molecule has 0 aliphatic carbocycles. The molecule has 112 valence electrons. The number of carboxylic acids is 1. The van der Waals surface area contributed by atoms with E-state index in [9.17, 15) is 9.59 Å². The van der Waals surface area contributed by atoms with Crippen LogP contribution in [0.3, 0.4) is 0 Å². The number of hydrogen-bond acceptors (Lipinski definition) is 2. The average Bonchev–Trinajstić information content (AvgIpc) is 2.08. The van der Waals surface area contributed by atoms with E-state index in [0.29, 0.717) is 6.54 Å². The van der Waals surface area contributed by atoms with Crippen molar-refractivity contribution >= 4 is 12.0 Å². The number of rotatable bonds is 6. The van der Waals surface area contributed by atoms with Gasteiger partial charge in [0.15, 0.2) is 0 Å². The van der Waals surface area contributed by atoms with E-state index in [1.807, 2.05) is 13.8 Å². The number of carboxylic acid groups (broad SMARTS) is 1. The molecule has 0 aliphatic heterocycles. The smallest absolute Gasteiger partial charge is 0.315 e. The molecule has 1 atom stereocenters. The number of carbonyl (C=O) groups excluding carboxylic acids is 1. The second-order valence-corrected chi connectivity index (χ2v) is 7.16. The predicted octanol–water partition coefficient (Wildman–Crippen LogP) is 2.61. The van der Waals surface area contributed by atoms with Crippen molar-refractivity contribution in [3.63, 3.8) is 0 Å². The first-order chi connectivity index (χ1) is 8.41. The molecule has 0 aromatic heterocycles. The molecule has 3 N–H and O–H groups in total. The Bertz CT molecular complexity index is 319. The lowest BCUT2D eigenvalue weighted by Crippen LogP contribution is -2.50. The topological polar surface area (TPSA) is 78.4 Å². The summed E-state index contributed by atoms with van der Waals surface area (Å²) in [5, 5.41) is 14.3. The van der Waals surface area contributed by atoms with E-state index < -0.39 is 5.97 Å². The second-order valence-electron chi connectivity index (χ2n) is 7.16. The summed E-state index contributed by atoms with van der Waals surface area (Å²) in [6.07, 6.45) is 0.920. The van der Waals surface area contributed by atoms with E-state index in [2.05, 4.69) is 31.4 Å². The normalized spacial score (nSPS) is 13.8. The number of carbonyl (C=O) groups is 2. The minimum Gasteiger partial charge on any atom is -0.481 e. The van der Waals surface area contributed by atoms with Gasteiger partial charge >= 0.3 is 12.0 Å². The zero-order valence-corrected chi connectivity index (χ0v) is 13.0. The molecule has 0 radical (unpaired) electrons. The monoisotopic (exact) mass is 272 g/mol. The summed E-state index contributed by atoms with van der Waals surface area (Å²) in [5.41, 5.74) is -0.161. The van der Waals surface area contributed by atoms with Gasteiger partial charge in [-0.05, 0) is 31.6 Å². The molecule has 5 heteroatoms. The van der Waals surface area contributed by atoms with Crippen molar-refractivity contribution in [1.82, 2.24) is 10.6 Å². The average molecular weight is 272 g/mol. The molecule has 2 amide bonds. The van der Waals surface area contributed by atoms with Crippen LogP contribution >= 0.6 is 0 Å². The van der Waals surface area contributed by atoms with Crippen molar-refractivity contribution in [2.75, 3.05) is 6.54 Å². The molecular weight excluding hydrogens is 244 g/mol. The highest BCUT2D eigenvalue weighted by atomic mass is 16.4. The summed E-state index contributed by atoms with van der Waals surface area (Å²) in [7, 11) is 0. The van der Waals surface area contributed by atoms with Gasteiger partial charge in [0.25, 0.3) is 0 Å². The Hall–Kier alpha value is -1.26. The molecule has 19 heavy (non-hydrogen) atoms. The Morgan fingerprint density at radius 2 is 1.68 bits per heavy atom. The Morgan fingerprint density at radius 3 is 2.11 bits per heavy atom. The summed E-state index contributed by atoms with van der Waals surface area (Å²) in [4.78, 5) is 22.3. The third-order valence-corrected chi connectivity index (χ3v) is 2.56. The van der Waals surface area contributed by atoms with Gasteiger partial charge < -0.3 is 15.7 Å². The first-order valence-electron chi connectivity index (χ1n) is 6.69. The van der Waals surface area contributed by atoms with Gasteiger partial charge in [0.1, 0.15) is 0 Å². The van der Waals surface area contributed by atoms with Gasteiger partial charge in [-0.3, -0.25) is 4.79 Å². The van der Waals surface area contributed by atoms with E-state index in [4.69, 9.17) is 5.11 Å². The first-order valence-corrected chi connectivity index (χ1v) is 6.69. The van der Waals surface area contributed by atoms with Crippen molar-refractivity contribution < 1.29 is 14.7 Å². The SMILES string of the molecule is CC(CNC(=O)NC(C)(C)CC(C)(C)C)CC(=O)O. The van der Waals surface area contributed by atoms with Crippen LogP contribution in [-0.2, 0) is 4.79 Å². The van der Waals surface area contributed by atoms with Crippen molar-refractivity contribution in [2.24, 2.45) is 11.3 Å². The summed E-state index contributed by atoms with van der Waals surface area (Å²) >= 11 is 0. The Labute approximate surface area is 116 Å². The van der Waals surface area contributed by atoms with E-state index in [0.717, 1.165) is 6.42 Å². The summed E-state index contributed by atoms with van der Waals surface area (Å²) in [5.74, 6) is -0.920. The summed E-state index contributed by atoms with van der Waals surface area (Å²) in [6.45, 7) is 12.5. The largest absolute Gasteiger partial charge is 0.481 e. The van der Waals surface area contributed by atoms with Crippen molar-refractivity contribution in [3.8, 4) is 0 Å². The lowest BCUT2D eigenvalue weighted by atomic mass is 9.82. The molecule has 0 fully saturated rings. The number of aliphatic carboxylic acids is 1. The fourth-order valence-corrected chi connectivity index (χ4v) is 2.36. The lowest BCUT2D eigenvalue weighted by Gasteiger charge is -2.33. The standard InChI is InChI=1S/C14H28N2O3/c1-10(7-11(17)18)8-15-12(19)16-14(5,6)9-13(2,3)4/h10H,7-9H2,1-6H3,(H,17,18)(H2,15,16,19). The Kier molecular flexibility index (Phi) is 6.33. The molecule has 0 aromatic rings. The molecule has 1 unspecified atom stereocenters. The van der Waals surface area contributed by atoms with E-state index >= 15 is 0 Å². The molecule has 0 heterocycles. The molecule has 0 bridgehead atoms. The molecule has 5 nitrogen and oxygen atoms in total. The van der Waals surface area contributed by atoms with Crippen LogP contribution in [0, 0.1) is 11.3 Å². The van der Waals surface area contributed by atoms with Crippen molar-refractivity contribution in [2.45, 2.75) is 59.9 Å². The Balaban J connectivity index is 4.13. The maximum absolute atomic E-state index is 11.8. The molecule has 0 aliphatic rings. The second kappa shape index (κ2) is 6.78. The Morgan fingerprint density at radius 1 is 1.16 bits per heavy atom. The van der Waals surface area contributed by atoms with Crippen LogP contribution in [0.15, 0.2) is 0 Å². The molecule has 0 saturated carbocycles. The molecule has 0 spiro atoms. The molecule has 0 rings (SSSR count). The highest BCUT2D eigenvalue weighted by Gasteiger charge is 2.26. The maximum Gasteiger partial charge on any atom is 0.315 e. The zero-order chi connectivity index (χ0) is 15.3. The maximum atomic E-state index is 11.8. The van der Waals surface area contributed by atoms with E-state index in [1.165, 1.54) is 0 Å². The van der Waals surface area contributed by atoms with Gasteiger partial charge in [-0.1, -0.05) is 27.7 Å². The van der Waals surface area contributed by atoms with Gasteiger partial charge in [-0.15, -0.1) is 0 Å². The van der Waals surface area contributed by atoms with Crippen molar-refractivity contribution in [1.29, 1.82) is 0 Å². The van der Waals surface area contributed by atoms with Gasteiger partial charge in [-0.2, -0.15) is 0 Å². The fraction of sp³-hybridized carbons (Fsp3) is 0.857. The highest BCUT2D eigenvalue weighted by molar-refractivity contribution is 5.74. The van der Waals surface area contributed by atoms with Gasteiger partial charge in [0, 0.05) is 18.5 Å². The van der Waals surface area contributed by atoms with Gasteiger partial charge in [0.2, 0.25) is 0 Å². The lowest BCUT2D eigenvalue weighted by molar-refractivity contribution is -0.137. The van der Waals surface area contributed by atoms with Crippen LogP contribution in [0.4, 0.5) is 4.79 Å². The third-order valence-electron chi connectivity index (χ3n) is 2.56. The minimum atomic E-state index is -0.845. The highest BCUT2D eigenvalue weighted by Crippen LogP contribution is 2.26. The molecular formula is C14H28N2O3. The molecule has 0 aromatic carbocycles. The van der Waals surface area contributed by atoms with Crippen LogP contribution < -0.4 is 10.6 Å². The summed E-state index contributed by atoms with van der Waals surface area (Å²) < 4.78 is 0. The number of nitrogens with one attached hydrogen (secondary N) is 2. The number of hydrogen-bond donors (Lipinski definition) is 3. The van der Waals surface area contributed by atoms with Gasteiger partial charge in [-0.25, -0.2) is 4.79 Å². The fourth-order valence-electron chi connectivity index (χ4n) is 2.36.